The van der Waals surface area contributed by atoms with Crippen molar-refractivity contribution >= 4 is 15.9 Å². The number of halogens is 1. The molecule has 4 heteroatoms. The van der Waals surface area contributed by atoms with E-state index in [-0.39, 0.29) is 0 Å². The second-order valence-electron chi connectivity index (χ2n) is 4.40. The molecule has 0 atom stereocenters. The van der Waals surface area contributed by atoms with Crippen LogP contribution in [-0.4, -0.2) is 38.2 Å². The van der Waals surface area contributed by atoms with E-state index in [0.717, 1.165) is 42.9 Å². The fourth-order valence-corrected chi connectivity index (χ4v) is 2.87. The second-order valence-corrected chi connectivity index (χ2v) is 5.20. The molecule has 0 bridgehead atoms. The summed E-state index contributed by atoms with van der Waals surface area (Å²) in [4.78, 5) is 2.48. The minimum Gasteiger partial charge on any atom is -0.496 e. The molecule has 1 heterocycles. The van der Waals surface area contributed by atoms with Crippen LogP contribution in [0.4, 0.5) is 0 Å². The molecule has 0 aliphatic carbocycles. The van der Waals surface area contributed by atoms with E-state index < -0.39 is 0 Å². The fraction of sp³-hybridized carbons (Fsp3) is 0.538. The molecule has 3 nitrogen and oxygen atoms in total. The van der Waals surface area contributed by atoms with Crippen LogP contribution in [0.1, 0.15) is 11.1 Å². The highest BCUT2D eigenvalue weighted by molar-refractivity contribution is 9.10. The van der Waals surface area contributed by atoms with Crippen molar-refractivity contribution < 1.29 is 4.74 Å². The van der Waals surface area contributed by atoms with Crippen molar-refractivity contribution in [2.45, 2.75) is 13.5 Å². The third-order valence-electron chi connectivity index (χ3n) is 3.25. The van der Waals surface area contributed by atoms with E-state index in [1.54, 1.807) is 7.11 Å². The molecular weight excluding hydrogens is 280 g/mol. The molecule has 0 aromatic heterocycles. The molecule has 0 amide bonds. The molecule has 0 saturated carbocycles. The molecule has 1 aliphatic rings. The molecule has 0 radical (unpaired) electrons. The number of hydrogen-bond donors (Lipinski definition) is 1. The van der Waals surface area contributed by atoms with E-state index in [2.05, 4.69) is 39.1 Å². The smallest absolute Gasteiger partial charge is 0.133 e. The first kappa shape index (κ1) is 12.9. The summed E-state index contributed by atoms with van der Waals surface area (Å²) in [5, 5.41) is 3.37. The summed E-state index contributed by atoms with van der Waals surface area (Å²) in [7, 11) is 1.71. The summed E-state index contributed by atoms with van der Waals surface area (Å²) in [6, 6.07) is 4.14. The number of hydrogen-bond acceptors (Lipinski definition) is 3. The summed E-state index contributed by atoms with van der Waals surface area (Å²) in [5.74, 6) is 0.917. The Hall–Kier alpha value is -0.580. The normalized spacial score (nSPS) is 17.1. The van der Waals surface area contributed by atoms with Gasteiger partial charge >= 0.3 is 0 Å². The SMILES string of the molecule is COc1ccc(C)c(CN2CCNCC2)c1Br. The van der Waals surface area contributed by atoms with Gasteiger partial charge in [0.05, 0.1) is 11.6 Å². The number of ether oxygens (including phenoxy) is 1. The summed E-state index contributed by atoms with van der Waals surface area (Å²) in [6.45, 7) is 7.54. The lowest BCUT2D eigenvalue weighted by molar-refractivity contribution is 0.232. The van der Waals surface area contributed by atoms with E-state index >= 15 is 0 Å². The number of rotatable bonds is 3. The molecule has 94 valence electrons. The fourth-order valence-electron chi connectivity index (χ4n) is 2.14. The molecule has 0 spiro atoms. The van der Waals surface area contributed by atoms with Gasteiger partial charge in [-0.1, -0.05) is 6.07 Å². The van der Waals surface area contributed by atoms with E-state index in [0.29, 0.717) is 0 Å². The van der Waals surface area contributed by atoms with Gasteiger partial charge in [-0.25, -0.2) is 0 Å². The molecule has 1 fully saturated rings. The summed E-state index contributed by atoms with van der Waals surface area (Å²) < 4.78 is 6.45. The van der Waals surface area contributed by atoms with Crippen LogP contribution in [0.15, 0.2) is 16.6 Å². The zero-order valence-corrected chi connectivity index (χ0v) is 12.0. The summed E-state index contributed by atoms with van der Waals surface area (Å²) in [6.07, 6.45) is 0. The number of piperazine rings is 1. The van der Waals surface area contributed by atoms with Gasteiger partial charge in [-0.2, -0.15) is 0 Å². The van der Waals surface area contributed by atoms with E-state index in [1.165, 1.54) is 11.1 Å². The maximum absolute atomic E-state index is 5.35. The van der Waals surface area contributed by atoms with E-state index in [9.17, 15) is 0 Å². The minimum absolute atomic E-state index is 0.917. The van der Waals surface area contributed by atoms with Crippen LogP contribution in [0.3, 0.4) is 0 Å². The van der Waals surface area contributed by atoms with Crippen molar-refractivity contribution in [1.82, 2.24) is 10.2 Å². The number of benzene rings is 1. The molecular formula is C13H19BrN2O. The highest BCUT2D eigenvalue weighted by Gasteiger charge is 2.15. The standard InChI is InChI=1S/C13H19BrN2O/c1-10-3-4-12(17-2)13(14)11(10)9-16-7-5-15-6-8-16/h3-4,15H,5-9H2,1-2H3. The zero-order chi connectivity index (χ0) is 12.3. The quantitative estimate of drug-likeness (QED) is 0.926. The average Bonchev–Trinajstić information content (AvgIpc) is 2.36. The topological polar surface area (TPSA) is 24.5 Å². The van der Waals surface area contributed by atoms with Gasteiger partial charge in [0, 0.05) is 32.7 Å². The predicted octanol–water partition coefficient (Wildman–Crippen LogP) is 2.17. The Kier molecular flexibility index (Phi) is 4.42. The van der Waals surface area contributed by atoms with Crippen LogP contribution in [0.25, 0.3) is 0 Å². The van der Waals surface area contributed by atoms with Crippen molar-refractivity contribution in [3.05, 3.63) is 27.7 Å². The number of methoxy groups -OCH3 is 1. The van der Waals surface area contributed by atoms with Gasteiger partial charge < -0.3 is 10.1 Å². The zero-order valence-electron chi connectivity index (χ0n) is 10.4. The third kappa shape index (κ3) is 3.00. The first-order chi connectivity index (χ1) is 8.22. The Morgan fingerprint density at radius 2 is 2.06 bits per heavy atom. The maximum atomic E-state index is 5.35. The van der Waals surface area contributed by atoms with Crippen molar-refractivity contribution in [1.29, 1.82) is 0 Å². The van der Waals surface area contributed by atoms with Crippen LogP contribution in [0.2, 0.25) is 0 Å². The Morgan fingerprint density at radius 1 is 1.35 bits per heavy atom. The van der Waals surface area contributed by atoms with Crippen LogP contribution in [-0.2, 0) is 6.54 Å². The number of nitrogens with one attached hydrogen (secondary N) is 1. The van der Waals surface area contributed by atoms with Crippen LogP contribution >= 0.6 is 15.9 Å². The van der Waals surface area contributed by atoms with Crippen molar-refractivity contribution in [3.63, 3.8) is 0 Å². The Bertz CT molecular complexity index is 389. The van der Waals surface area contributed by atoms with Gasteiger partial charge in [-0.05, 0) is 40.0 Å². The molecule has 17 heavy (non-hydrogen) atoms. The first-order valence-electron chi connectivity index (χ1n) is 5.97. The van der Waals surface area contributed by atoms with Gasteiger partial charge in [0.15, 0.2) is 0 Å². The van der Waals surface area contributed by atoms with Crippen LogP contribution in [0.5, 0.6) is 5.75 Å². The van der Waals surface area contributed by atoms with Crippen LogP contribution < -0.4 is 10.1 Å². The average molecular weight is 299 g/mol. The predicted molar refractivity (Wildman–Crippen MR) is 73.6 cm³/mol. The molecule has 0 unspecified atom stereocenters. The highest BCUT2D eigenvalue weighted by atomic mass is 79.9. The molecule has 2 rings (SSSR count). The molecule has 1 aromatic carbocycles. The van der Waals surface area contributed by atoms with Gasteiger partial charge in [-0.3, -0.25) is 4.90 Å². The number of nitrogens with zero attached hydrogens (tertiary/aromatic N) is 1. The van der Waals surface area contributed by atoms with Crippen molar-refractivity contribution in [2.75, 3.05) is 33.3 Å². The van der Waals surface area contributed by atoms with Gasteiger partial charge in [0.2, 0.25) is 0 Å². The maximum Gasteiger partial charge on any atom is 0.133 e. The minimum atomic E-state index is 0.917. The Morgan fingerprint density at radius 3 is 2.71 bits per heavy atom. The molecule has 1 aliphatic heterocycles. The van der Waals surface area contributed by atoms with E-state index in [1.807, 2.05) is 6.07 Å². The number of aryl methyl sites for hydroxylation is 1. The lowest BCUT2D eigenvalue weighted by Crippen LogP contribution is -2.43. The second kappa shape index (κ2) is 5.85. The Balaban J connectivity index is 2.18. The summed E-state index contributed by atoms with van der Waals surface area (Å²) in [5.41, 5.74) is 2.66. The van der Waals surface area contributed by atoms with Crippen molar-refractivity contribution in [2.24, 2.45) is 0 Å². The molecule has 1 saturated heterocycles. The lowest BCUT2D eigenvalue weighted by Gasteiger charge is -2.28. The Labute approximate surface area is 111 Å². The van der Waals surface area contributed by atoms with Gasteiger partial charge in [-0.15, -0.1) is 0 Å². The van der Waals surface area contributed by atoms with Crippen molar-refractivity contribution in [3.8, 4) is 5.75 Å². The lowest BCUT2D eigenvalue weighted by atomic mass is 10.1. The first-order valence-corrected chi connectivity index (χ1v) is 6.76. The van der Waals surface area contributed by atoms with Crippen LogP contribution in [0, 0.1) is 6.92 Å². The van der Waals surface area contributed by atoms with Gasteiger partial charge in [0.25, 0.3) is 0 Å². The monoisotopic (exact) mass is 298 g/mol. The highest BCUT2D eigenvalue weighted by Crippen LogP contribution is 2.31. The largest absolute Gasteiger partial charge is 0.496 e. The molecule has 1 N–H and O–H groups in total. The van der Waals surface area contributed by atoms with Gasteiger partial charge in [0.1, 0.15) is 5.75 Å². The molecule has 1 aromatic rings. The van der Waals surface area contributed by atoms with E-state index in [4.69, 9.17) is 4.74 Å². The third-order valence-corrected chi connectivity index (χ3v) is 4.12. The summed E-state index contributed by atoms with van der Waals surface area (Å²) >= 11 is 3.65.